The van der Waals surface area contributed by atoms with Crippen LogP contribution in [0.5, 0.6) is 0 Å². The number of rotatable bonds is 6. The van der Waals surface area contributed by atoms with Crippen molar-refractivity contribution in [3.8, 4) is 6.07 Å². The zero-order valence-electron chi connectivity index (χ0n) is 8.96. The zero-order valence-corrected chi connectivity index (χ0v) is 9.78. The van der Waals surface area contributed by atoms with E-state index in [1.54, 1.807) is 6.07 Å². The monoisotopic (exact) mass is 245 g/mol. The van der Waals surface area contributed by atoms with Gasteiger partial charge in [-0.25, -0.2) is 8.42 Å². The highest BCUT2D eigenvalue weighted by molar-refractivity contribution is 7.92. The molecule has 6 nitrogen and oxygen atoms in total. The van der Waals surface area contributed by atoms with Gasteiger partial charge in [-0.1, -0.05) is 0 Å². The lowest BCUT2D eigenvalue weighted by atomic mass is 10.4. The van der Waals surface area contributed by atoms with Gasteiger partial charge in [-0.3, -0.25) is 4.99 Å². The first-order chi connectivity index (χ1) is 7.59. The summed E-state index contributed by atoms with van der Waals surface area (Å²) >= 11 is 0. The lowest BCUT2D eigenvalue weighted by Crippen LogP contribution is -2.34. The standard InChI is InChI=1S/C9H15N3O3S/c10-2-7-16(14,15)8-9-11-3-5-12(9)4-1-6-13/h13H,1,3-8H2. The maximum Gasteiger partial charge on any atom is 0.170 e. The molecule has 0 bridgehead atoms. The van der Waals surface area contributed by atoms with Crippen molar-refractivity contribution >= 4 is 15.7 Å². The molecule has 1 heterocycles. The molecule has 1 N–H and O–H groups in total. The average molecular weight is 245 g/mol. The van der Waals surface area contributed by atoms with Crippen molar-refractivity contribution in [2.45, 2.75) is 6.42 Å². The second-order valence-electron chi connectivity index (χ2n) is 3.55. The Morgan fingerprint density at radius 2 is 2.31 bits per heavy atom. The van der Waals surface area contributed by atoms with Crippen LogP contribution in [0, 0.1) is 11.3 Å². The summed E-state index contributed by atoms with van der Waals surface area (Å²) in [7, 11) is -3.37. The first-order valence-corrected chi connectivity index (χ1v) is 6.87. The van der Waals surface area contributed by atoms with Gasteiger partial charge in [0, 0.05) is 19.7 Å². The minimum atomic E-state index is -3.37. The predicted molar refractivity (Wildman–Crippen MR) is 59.8 cm³/mol. The summed E-state index contributed by atoms with van der Waals surface area (Å²) in [5, 5.41) is 17.1. The molecule has 0 saturated carbocycles. The average Bonchev–Trinajstić information content (AvgIpc) is 2.61. The van der Waals surface area contributed by atoms with Crippen molar-refractivity contribution in [2.24, 2.45) is 4.99 Å². The Morgan fingerprint density at radius 1 is 1.56 bits per heavy atom. The van der Waals surface area contributed by atoms with Gasteiger partial charge in [0.2, 0.25) is 0 Å². The van der Waals surface area contributed by atoms with Crippen LogP contribution in [0.2, 0.25) is 0 Å². The van der Waals surface area contributed by atoms with Gasteiger partial charge < -0.3 is 10.0 Å². The van der Waals surface area contributed by atoms with Crippen molar-refractivity contribution in [3.05, 3.63) is 0 Å². The van der Waals surface area contributed by atoms with E-state index < -0.39 is 15.6 Å². The zero-order chi connectivity index (χ0) is 12.0. The molecule has 1 aliphatic rings. The predicted octanol–water partition coefficient (Wildman–Crippen LogP) is -0.979. The van der Waals surface area contributed by atoms with Crippen LogP contribution in [-0.2, 0) is 9.84 Å². The Balaban J connectivity index is 2.57. The highest BCUT2D eigenvalue weighted by Crippen LogP contribution is 2.05. The smallest absolute Gasteiger partial charge is 0.170 e. The van der Waals surface area contributed by atoms with E-state index in [9.17, 15) is 8.42 Å². The molecule has 7 heteroatoms. The van der Waals surface area contributed by atoms with E-state index in [1.807, 2.05) is 4.90 Å². The molecule has 0 aromatic heterocycles. The Kier molecular flexibility index (Phi) is 4.71. The normalized spacial score (nSPS) is 16.0. The Labute approximate surface area is 95.1 Å². The van der Waals surface area contributed by atoms with Gasteiger partial charge in [0.05, 0.1) is 12.6 Å². The first kappa shape index (κ1) is 12.9. The maximum absolute atomic E-state index is 11.4. The number of nitrogens with zero attached hydrogens (tertiary/aromatic N) is 3. The molecule has 0 spiro atoms. The van der Waals surface area contributed by atoms with Crippen molar-refractivity contribution < 1.29 is 13.5 Å². The number of hydrogen-bond acceptors (Lipinski definition) is 6. The summed E-state index contributed by atoms with van der Waals surface area (Å²) in [6.45, 7) is 1.96. The lowest BCUT2D eigenvalue weighted by molar-refractivity contribution is 0.270. The molecule has 0 amide bonds. The summed E-state index contributed by atoms with van der Waals surface area (Å²) in [5.41, 5.74) is 0. The summed E-state index contributed by atoms with van der Waals surface area (Å²) in [4.78, 5) is 5.96. The van der Waals surface area contributed by atoms with Crippen LogP contribution >= 0.6 is 0 Å². The van der Waals surface area contributed by atoms with Crippen LogP contribution in [0.3, 0.4) is 0 Å². The van der Waals surface area contributed by atoms with Crippen molar-refractivity contribution in [3.63, 3.8) is 0 Å². The van der Waals surface area contributed by atoms with Gasteiger partial charge in [-0.15, -0.1) is 0 Å². The second kappa shape index (κ2) is 5.82. The summed E-state index contributed by atoms with van der Waals surface area (Å²) < 4.78 is 22.9. The third kappa shape index (κ3) is 3.79. The van der Waals surface area contributed by atoms with Gasteiger partial charge in [-0.05, 0) is 6.42 Å². The van der Waals surface area contributed by atoms with Crippen molar-refractivity contribution in [2.75, 3.05) is 37.7 Å². The van der Waals surface area contributed by atoms with E-state index in [-0.39, 0.29) is 12.4 Å². The van der Waals surface area contributed by atoms with Crippen LogP contribution in [0.4, 0.5) is 0 Å². The molecular weight excluding hydrogens is 230 g/mol. The van der Waals surface area contributed by atoms with Gasteiger partial charge >= 0.3 is 0 Å². The fraction of sp³-hybridized carbons (Fsp3) is 0.778. The number of aliphatic imine (C=N–C) groups is 1. The second-order valence-corrected chi connectivity index (χ2v) is 5.62. The number of hydrogen-bond donors (Lipinski definition) is 1. The van der Waals surface area contributed by atoms with E-state index in [4.69, 9.17) is 10.4 Å². The quantitative estimate of drug-likeness (QED) is 0.649. The minimum absolute atomic E-state index is 0.0781. The van der Waals surface area contributed by atoms with Gasteiger partial charge in [0.1, 0.15) is 17.3 Å². The summed E-state index contributed by atoms with van der Waals surface area (Å²) in [6, 6.07) is 1.64. The van der Waals surface area contributed by atoms with Gasteiger partial charge in [0.15, 0.2) is 9.84 Å². The number of aliphatic hydroxyl groups is 1. The first-order valence-electron chi connectivity index (χ1n) is 5.05. The van der Waals surface area contributed by atoms with Gasteiger partial charge in [-0.2, -0.15) is 5.26 Å². The molecule has 0 fully saturated rings. The maximum atomic E-state index is 11.4. The fourth-order valence-corrected chi connectivity index (χ4v) is 2.48. The molecule has 0 radical (unpaired) electrons. The van der Waals surface area contributed by atoms with E-state index in [0.717, 1.165) is 0 Å². The van der Waals surface area contributed by atoms with Crippen LogP contribution in [-0.4, -0.2) is 62.0 Å². The van der Waals surface area contributed by atoms with Crippen LogP contribution in [0.15, 0.2) is 4.99 Å². The largest absolute Gasteiger partial charge is 0.396 e. The summed E-state index contributed by atoms with van der Waals surface area (Å²) in [6.07, 6.45) is 0.595. The van der Waals surface area contributed by atoms with Gasteiger partial charge in [0.25, 0.3) is 0 Å². The molecule has 0 aromatic carbocycles. The molecule has 90 valence electrons. The minimum Gasteiger partial charge on any atom is -0.396 e. The Bertz CT molecular complexity index is 397. The highest BCUT2D eigenvalue weighted by Gasteiger charge is 2.22. The third-order valence-electron chi connectivity index (χ3n) is 2.25. The van der Waals surface area contributed by atoms with Crippen molar-refractivity contribution in [1.82, 2.24) is 4.90 Å². The molecule has 1 rings (SSSR count). The number of amidine groups is 1. The molecule has 0 aliphatic carbocycles. The van der Waals surface area contributed by atoms with Crippen LogP contribution in [0.1, 0.15) is 6.42 Å². The number of aliphatic hydroxyl groups excluding tert-OH is 1. The third-order valence-corrected chi connectivity index (χ3v) is 3.52. The van der Waals surface area contributed by atoms with E-state index in [2.05, 4.69) is 4.99 Å². The van der Waals surface area contributed by atoms with Crippen LogP contribution < -0.4 is 0 Å². The molecule has 0 atom stereocenters. The molecule has 0 unspecified atom stereocenters. The van der Waals surface area contributed by atoms with E-state index >= 15 is 0 Å². The Hall–Kier alpha value is -1.13. The molecular formula is C9H15N3O3S. The van der Waals surface area contributed by atoms with Crippen LogP contribution in [0.25, 0.3) is 0 Å². The number of nitriles is 1. The fourth-order valence-electron chi connectivity index (χ4n) is 1.51. The number of sulfone groups is 1. The van der Waals surface area contributed by atoms with E-state index in [0.29, 0.717) is 31.9 Å². The molecule has 16 heavy (non-hydrogen) atoms. The Morgan fingerprint density at radius 3 is 2.94 bits per heavy atom. The highest BCUT2D eigenvalue weighted by atomic mass is 32.2. The van der Waals surface area contributed by atoms with E-state index in [1.165, 1.54) is 0 Å². The molecule has 0 saturated heterocycles. The lowest BCUT2D eigenvalue weighted by Gasteiger charge is -2.19. The summed E-state index contributed by atoms with van der Waals surface area (Å²) in [5.74, 6) is -0.130. The molecule has 1 aliphatic heterocycles. The van der Waals surface area contributed by atoms with Crippen molar-refractivity contribution in [1.29, 1.82) is 5.26 Å². The SMILES string of the molecule is N#CCS(=O)(=O)CC1=NCCN1CCCO. The molecule has 0 aromatic rings. The topological polar surface area (TPSA) is 93.8 Å².